The first kappa shape index (κ1) is 12.4. The lowest BCUT2D eigenvalue weighted by atomic mass is 9.98. The summed E-state index contributed by atoms with van der Waals surface area (Å²) in [5.74, 6) is 1.42. The monoisotopic (exact) mass is 277 g/mol. The van der Waals surface area contributed by atoms with E-state index in [0.717, 1.165) is 28.9 Å². The van der Waals surface area contributed by atoms with Gasteiger partial charge in [-0.25, -0.2) is 0 Å². The molecule has 0 bridgehead atoms. The molecule has 0 aliphatic carbocycles. The van der Waals surface area contributed by atoms with Gasteiger partial charge in [0, 0.05) is 24.6 Å². The van der Waals surface area contributed by atoms with Crippen LogP contribution < -0.4 is 10.5 Å². The molecule has 5 heteroatoms. The van der Waals surface area contributed by atoms with Crippen molar-refractivity contribution in [2.24, 2.45) is 7.05 Å². The van der Waals surface area contributed by atoms with E-state index in [1.54, 1.807) is 10.9 Å². The van der Waals surface area contributed by atoms with Gasteiger partial charge in [-0.2, -0.15) is 5.10 Å². The lowest BCUT2D eigenvalue weighted by Crippen LogP contribution is -2.24. The molecule has 0 unspecified atom stereocenters. The van der Waals surface area contributed by atoms with E-state index in [-0.39, 0.29) is 5.60 Å². The van der Waals surface area contributed by atoms with Crippen molar-refractivity contribution < 1.29 is 4.74 Å². The van der Waals surface area contributed by atoms with E-state index in [1.165, 1.54) is 0 Å². The topological polar surface area (TPSA) is 53.1 Å². The Morgan fingerprint density at radius 3 is 2.79 bits per heavy atom. The summed E-state index contributed by atoms with van der Waals surface area (Å²) in [5, 5.41) is 4.79. The van der Waals surface area contributed by atoms with Crippen LogP contribution in [0.2, 0.25) is 5.02 Å². The smallest absolute Gasteiger partial charge is 0.142 e. The third kappa shape index (κ3) is 1.96. The lowest BCUT2D eigenvalue weighted by molar-refractivity contribution is 0.138. The number of ether oxygens (including phenoxy) is 1. The van der Waals surface area contributed by atoms with E-state index >= 15 is 0 Å². The van der Waals surface area contributed by atoms with Crippen LogP contribution in [0.5, 0.6) is 5.75 Å². The van der Waals surface area contributed by atoms with Crippen molar-refractivity contribution in [3.05, 3.63) is 28.9 Å². The van der Waals surface area contributed by atoms with Gasteiger partial charge in [0.25, 0.3) is 0 Å². The molecule has 3 rings (SSSR count). The quantitative estimate of drug-likeness (QED) is 0.872. The van der Waals surface area contributed by atoms with Crippen LogP contribution in [0.15, 0.2) is 18.3 Å². The number of rotatable bonds is 1. The summed E-state index contributed by atoms with van der Waals surface area (Å²) in [4.78, 5) is 0. The van der Waals surface area contributed by atoms with Crippen LogP contribution >= 0.6 is 11.6 Å². The Balaban J connectivity index is 2.12. The lowest BCUT2D eigenvalue weighted by Gasteiger charge is -2.17. The highest BCUT2D eigenvalue weighted by Crippen LogP contribution is 2.43. The summed E-state index contributed by atoms with van der Waals surface area (Å²) < 4.78 is 7.52. The Kier molecular flexibility index (Phi) is 2.54. The van der Waals surface area contributed by atoms with Gasteiger partial charge in [0.1, 0.15) is 17.2 Å². The number of fused-ring (bicyclic) bond motifs is 1. The van der Waals surface area contributed by atoms with Crippen molar-refractivity contribution in [2.75, 3.05) is 5.73 Å². The minimum absolute atomic E-state index is 0.203. The first-order valence-electron chi connectivity index (χ1n) is 6.17. The molecule has 19 heavy (non-hydrogen) atoms. The Bertz CT molecular complexity index is 661. The molecule has 2 N–H and O–H groups in total. The van der Waals surface area contributed by atoms with Crippen LogP contribution in [0.3, 0.4) is 0 Å². The minimum Gasteiger partial charge on any atom is -0.486 e. The van der Waals surface area contributed by atoms with E-state index in [2.05, 4.69) is 25.0 Å². The number of aryl methyl sites for hydroxylation is 1. The highest BCUT2D eigenvalue weighted by molar-refractivity contribution is 6.32. The van der Waals surface area contributed by atoms with Gasteiger partial charge in [-0.15, -0.1) is 0 Å². The van der Waals surface area contributed by atoms with Crippen molar-refractivity contribution in [2.45, 2.75) is 25.9 Å². The van der Waals surface area contributed by atoms with Gasteiger partial charge in [0.2, 0.25) is 0 Å². The summed E-state index contributed by atoms with van der Waals surface area (Å²) in [6, 6.07) is 3.97. The molecule has 2 aromatic rings. The highest BCUT2D eigenvalue weighted by atomic mass is 35.5. The van der Waals surface area contributed by atoms with Crippen molar-refractivity contribution in [3.8, 4) is 16.9 Å². The van der Waals surface area contributed by atoms with E-state index in [1.807, 2.05) is 13.1 Å². The first-order valence-corrected chi connectivity index (χ1v) is 6.54. The Morgan fingerprint density at radius 1 is 1.42 bits per heavy atom. The van der Waals surface area contributed by atoms with Crippen molar-refractivity contribution in [1.29, 1.82) is 0 Å². The molecule has 2 heterocycles. The van der Waals surface area contributed by atoms with Crippen LogP contribution in [-0.2, 0) is 13.5 Å². The van der Waals surface area contributed by atoms with Crippen molar-refractivity contribution >= 4 is 17.4 Å². The maximum absolute atomic E-state index is 6.32. The van der Waals surface area contributed by atoms with Crippen LogP contribution in [0.1, 0.15) is 19.4 Å². The van der Waals surface area contributed by atoms with Gasteiger partial charge in [-0.1, -0.05) is 11.6 Å². The number of nitrogens with two attached hydrogens (primary N) is 1. The second kappa shape index (κ2) is 3.90. The first-order chi connectivity index (χ1) is 8.87. The molecule has 1 aromatic heterocycles. The largest absolute Gasteiger partial charge is 0.486 e. The number of nitrogens with zero attached hydrogens (tertiary/aromatic N) is 2. The maximum atomic E-state index is 6.32. The number of benzene rings is 1. The van der Waals surface area contributed by atoms with Gasteiger partial charge in [-0.05, 0) is 31.5 Å². The molecular weight excluding hydrogens is 262 g/mol. The van der Waals surface area contributed by atoms with Crippen LogP contribution in [0.25, 0.3) is 11.1 Å². The molecule has 0 fully saturated rings. The highest BCUT2D eigenvalue weighted by Gasteiger charge is 2.32. The minimum atomic E-state index is -0.203. The van der Waals surface area contributed by atoms with Gasteiger partial charge < -0.3 is 10.5 Å². The molecule has 0 amide bonds. The SMILES string of the molecule is Cn1ncc(-c2cc(Cl)c3c(c2)CC(C)(C)O3)c1N. The number of nitrogen functional groups attached to an aromatic ring is 1. The van der Waals surface area contributed by atoms with E-state index in [0.29, 0.717) is 10.8 Å². The van der Waals surface area contributed by atoms with E-state index in [4.69, 9.17) is 22.1 Å². The number of hydrogen-bond donors (Lipinski definition) is 1. The maximum Gasteiger partial charge on any atom is 0.142 e. The average Bonchev–Trinajstić information content (AvgIpc) is 2.79. The van der Waals surface area contributed by atoms with E-state index < -0.39 is 0 Å². The van der Waals surface area contributed by atoms with Crippen molar-refractivity contribution in [1.82, 2.24) is 9.78 Å². The molecule has 0 atom stereocenters. The fourth-order valence-corrected chi connectivity index (χ4v) is 2.77. The molecule has 0 spiro atoms. The zero-order chi connectivity index (χ0) is 13.8. The number of hydrogen-bond acceptors (Lipinski definition) is 3. The molecule has 1 aliphatic rings. The van der Waals surface area contributed by atoms with Crippen LogP contribution in [0, 0.1) is 0 Å². The van der Waals surface area contributed by atoms with Gasteiger partial charge in [0.05, 0.1) is 11.2 Å². The summed E-state index contributed by atoms with van der Waals surface area (Å²) in [7, 11) is 1.82. The summed E-state index contributed by atoms with van der Waals surface area (Å²) in [6.45, 7) is 4.11. The zero-order valence-corrected chi connectivity index (χ0v) is 12.0. The Morgan fingerprint density at radius 2 is 2.16 bits per heavy atom. The third-order valence-electron chi connectivity index (χ3n) is 3.41. The number of aromatic nitrogens is 2. The summed E-state index contributed by atoms with van der Waals surface area (Å²) in [6.07, 6.45) is 2.60. The predicted molar refractivity (Wildman–Crippen MR) is 76.5 cm³/mol. The molecule has 0 saturated heterocycles. The standard InChI is InChI=1S/C14H16ClN3O/c1-14(2)6-9-4-8(5-11(15)12(9)19-14)10-7-17-18(3)13(10)16/h4-5,7H,6,16H2,1-3H3. The number of anilines is 1. The second-order valence-corrected chi connectivity index (χ2v) is 5.96. The Hall–Kier alpha value is -1.68. The van der Waals surface area contributed by atoms with Crippen molar-refractivity contribution in [3.63, 3.8) is 0 Å². The normalized spacial score (nSPS) is 16.2. The van der Waals surface area contributed by atoms with Gasteiger partial charge in [0.15, 0.2) is 0 Å². The summed E-state index contributed by atoms with van der Waals surface area (Å²) in [5.41, 5.74) is 8.81. The molecule has 0 radical (unpaired) electrons. The van der Waals surface area contributed by atoms with E-state index in [9.17, 15) is 0 Å². The molecule has 1 aromatic carbocycles. The fourth-order valence-electron chi connectivity index (χ4n) is 2.49. The molecule has 0 saturated carbocycles. The van der Waals surface area contributed by atoms with Crippen LogP contribution in [-0.4, -0.2) is 15.4 Å². The number of halogens is 1. The molecule has 100 valence electrons. The molecule has 1 aliphatic heterocycles. The van der Waals surface area contributed by atoms with Gasteiger partial charge in [-0.3, -0.25) is 4.68 Å². The predicted octanol–water partition coefficient (Wildman–Crippen LogP) is 3.04. The average molecular weight is 278 g/mol. The summed E-state index contributed by atoms with van der Waals surface area (Å²) >= 11 is 6.32. The zero-order valence-electron chi connectivity index (χ0n) is 11.2. The Labute approximate surface area is 117 Å². The van der Waals surface area contributed by atoms with Crippen LogP contribution in [0.4, 0.5) is 5.82 Å². The molecule has 4 nitrogen and oxygen atoms in total. The van der Waals surface area contributed by atoms with Gasteiger partial charge >= 0.3 is 0 Å². The fraction of sp³-hybridized carbons (Fsp3) is 0.357. The second-order valence-electron chi connectivity index (χ2n) is 5.55. The molecular formula is C14H16ClN3O. The third-order valence-corrected chi connectivity index (χ3v) is 3.69.